The van der Waals surface area contributed by atoms with E-state index in [-0.39, 0.29) is 17.5 Å². The highest BCUT2D eigenvalue weighted by molar-refractivity contribution is 5.95. The summed E-state index contributed by atoms with van der Waals surface area (Å²) in [6, 6.07) is 6.15. The monoisotopic (exact) mass is 407 g/mol. The highest BCUT2D eigenvalue weighted by Crippen LogP contribution is 2.28. The predicted molar refractivity (Wildman–Crippen MR) is 113 cm³/mol. The Morgan fingerprint density at radius 2 is 1.90 bits per heavy atom. The lowest BCUT2D eigenvalue weighted by atomic mass is 10.1. The van der Waals surface area contributed by atoms with Gasteiger partial charge in [-0.15, -0.1) is 0 Å². The molecule has 0 unspecified atom stereocenters. The highest BCUT2D eigenvalue weighted by atomic mass is 16.5. The van der Waals surface area contributed by atoms with Gasteiger partial charge in [0.25, 0.3) is 11.5 Å². The lowest BCUT2D eigenvalue weighted by molar-refractivity contribution is 0.0745. The Labute approximate surface area is 174 Å². The molecule has 5 rings (SSSR count). The Balaban J connectivity index is 1.32. The molecule has 8 heteroatoms. The van der Waals surface area contributed by atoms with Crippen molar-refractivity contribution in [2.45, 2.75) is 38.6 Å². The molecule has 1 amide bonds. The summed E-state index contributed by atoms with van der Waals surface area (Å²) < 4.78 is 6.83. The van der Waals surface area contributed by atoms with Gasteiger partial charge in [0.05, 0.1) is 23.4 Å². The number of benzene rings is 1. The minimum absolute atomic E-state index is 0.0407. The van der Waals surface area contributed by atoms with Gasteiger partial charge in [-0.1, -0.05) is 18.0 Å². The molecule has 0 atom stereocenters. The molecular formula is C22H25N5O3. The second-order valence-corrected chi connectivity index (χ2v) is 8.17. The maximum absolute atomic E-state index is 12.9. The van der Waals surface area contributed by atoms with E-state index in [2.05, 4.69) is 15.0 Å². The van der Waals surface area contributed by atoms with Gasteiger partial charge in [-0.25, -0.2) is 4.98 Å². The van der Waals surface area contributed by atoms with Crippen LogP contribution in [0.25, 0.3) is 10.9 Å². The zero-order valence-electron chi connectivity index (χ0n) is 17.1. The number of carbonyl (C=O) groups is 1. The summed E-state index contributed by atoms with van der Waals surface area (Å²) in [6.07, 6.45) is 7.67. The number of piperazine rings is 1. The van der Waals surface area contributed by atoms with Crippen molar-refractivity contribution in [1.82, 2.24) is 19.6 Å². The van der Waals surface area contributed by atoms with Crippen LogP contribution in [0.1, 0.15) is 47.8 Å². The van der Waals surface area contributed by atoms with Crippen molar-refractivity contribution >= 4 is 22.5 Å². The number of aromatic nitrogens is 3. The third kappa shape index (κ3) is 3.26. The van der Waals surface area contributed by atoms with Crippen molar-refractivity contribution in [2.75, 3.05) is 31.1 Å². The maximum atomic E-state index is 12.9. The number of nitrogens with zero attached hydrogens (tertiary/aromatic N) is 5. The van der Waals surface area contributed by atoms with Crippen LogP contribution in [0, 0.1) is 6.92 Å². The van der Waals surface area contributed by atoms with Crippen LogP contribution >= 0.6 is 0 Å². The molecule has 1 aliphatic carbocycles. The number of amides is 1. The lowest BCUT2D eigenvalue weighted by Crippen LogP contribution is -2.48. The summed E-state index contributed by atoms with van der Waals surface area (Å²) in [5, 5.41) is 4.37. The van der Waals surface area contributed by atoms with E-state index >= 15 is 0 Å². The fraction of sp³-hybridized carbons (Fsp3) is 0.455. The van der Waals surface area contributed by atoms with Gasteiger partial charge in [0.15, 0.2) is 0 Å². The maximum Gasteiger partial charge on any atom is 0.261 e. The average molecular weight is 407 g/mol. The van der Waals surface area contributed by atoms with Crippen LogP contribution in [-0.4, -0.2) is 51.7 Å². The molecule has 1 aliphatic heterocycles. The summed E-state index contributed by atoms with van der Waals surface area (Å²) >= 11 is 0. The van der Waals surface area contributed by atoms with E-state index in [1.54, 1.807) is 13.3 Å². The molecule has 8 nitrogen and oxygen atoms in total. The van der Waals surface area contributed by atoms with Gasteiger partial charge >= 0.3 is 0 Å². The van der Waals surface area contributed by atoms with Gasteiger partial charge in [0, 0.05) is 37.9 Å². The van der Waals surface area contributed by atoms with Crippen LogP contribution in [0.15, 0.2) is 40.0 Å². The fourth-order valence-corrected chi connectivity index (χ4v) is 4.60. The summed E-state index contributed by atoms with van der Waals surface area (Å²) in [7, 11) is 0. The SMILES string of the molecule is Cc1oncc1C(=O)N1CCN(c2ccc3c(=O)n(C4CCCC4)cnc3c2)CC1. The first-order chi connectivity index (χ1) is 14.6. The molecule has 3 aromatic rings. The fourth-order valence-electron chi connectivity index (χ4n) is 4.60. The van der Waals surface area contributed by atoms with Crippen LogP contribution in [-0.2, 0) is 0 Å². The molecule has 2 aromatic heterocycles. The smallest absolute Gasteiger partial charge is 0.261 e. The Hall–Kier alpha value is -3.16. The Morgan fingerprint density at radius 1 is 1.13 bits per heavy atom. The third-order valence-electron chi connectivity index (χ3n) is 6.40. The second kappa shape index (κ2) is 7.59. The molecule has 0 N–H and O–H groups in total. The molecule has 0 spiro atoms. The van der Waals surface area contributed by atoms with E-state index in [4.69, 9.17) is 4.52 Å². The molecule has 0 bridgehead atoms. The van der Waals surface area contributed by atoms with Crippen molar-refractivity contribution in [3.05, 3.63) is 52.4 Å². The summed E-state index contributed by atoms with van der Waals surface area (Å²) in [5.74, 6) is 0.507. The zero-order chi connectivity index (χ0) is 20.7. The van der Waals surface area contributed by atoms with E-state index in [1.807, 2.05) is 27.7 Å². The Morgan fingerprint density at radius 3 is 2.60 bits per heavy atom. The Kier molecular flexibility index (Phi) is 4.77. The molecule has 30 heavy (non-hydrogen) atoms. The molecule has 2 aliphatic rings. The normalized spacial score (nSPS) is 17.8. The average Bonchev–Trinajstić information content (AvgIpc) is 3.45. The van der Waals surface area contributed by atoms with E-state index in [0.29, 0.717) is 29.8 Å². The van der Waals surface area contributed by atoms with Crippen molar-refractivity contribution in [3.8, 4) is 0 Å². The van der Waals surface area contributed by atoms with E-state index < -0.39 is 0 Å². The van der Waals surface area contributed by atoms with E-state index in [9.17, 15) is 9.59 Å². The standard InChI is InChI=1S/C22H25N5O3/c1-15-19(13-24-30-15)21(28)26-10-8-25(9-11-26)17-6-7-18-20(12-17)23-14-27(22(18)29)16-4-2-3-5-16/h6-7,12-14,16H,2-5,8-11H2,1H3. The first-order valence-corrected chi connectivity index (χ1v) is 10.6. The minimum Gasteiger partial charge on any atom is -0.368 e. The van der Waals surface area contributed by atoms with Gasteiger partial charge in [-0.05, 0) is 38.0 Å². The molecular weight excluding hydrogens is 382 g/mol. The first kappa shape index (κ1) is 18.8. The third-order valence-corrected chi connectivity index (χ3v) is 6.40. The number of anilines is 1. The number of aryl methyl sites for hydroxylation is 1. The first-order valence-electron chi connectivity index (χ1n) is 10.6. The summed E-state index contributed by atoms with van der Waals surface area (Å²) in [4.78, 5) is 34.2. The topological polar surface area (TPSA) is 84.5 Å². The van der Waals surface area contributed by atoms with Crippen LogP contribution in [0.4, 0.5) is 5.69 Å². The lowest BCUT2D eigenvalue weighted by Gasteiger charge is -2.36. The molecule has 156 valence electrons. The van der Waals surface area contributed by atoms with Crippen molar-refractivity contribution in [3.63, 3.8) is 0 Å². The van der Waals surface area contributed by atoms with Gasteiger partial charge in [0.2, 0.25) is 0 Å². The number of carbonyl (C=O) groups excluding carboxylic acids is 1. The molecule has 0 radical (unpaired) electrons. The second-order valence-electron chi connectivity index (χ2n) is 8.17. The number of fused-ring (bicyclic) bond motifs is 1. The van der Waals surface area contributed by atoms with E-state index in [0.717, 1.165) is 37.1 Å². The quantitative estimate of drug-likeness (QED) is 0.664. The van der Waals surface area contributed by atoms with Gasteiger partial charge in [-0.3, -0.25) is 14.2 Å². The molecule has 2 fully saturated rings. The zero-order valence-corrected chi connectivity index (χ0v) is 17.1. The Bertz CT molecular complexity index is 1140. The minimum atomic E-state index is -0.0407. The van der Waals surface area contributed by atoms with Gasteiger partial charge in [0.1, 0.15) is 11.3 Å². The number of rotatable bonds is 3. The van der Waals surface area contributed by atoms with Crippen molar-refractivity contribution < 1.29 is 9.32 Å². The highest BCUT2D eigenvalue weighted by Gasteiger charge is 2.25. The van der Waals surface area contributed by atoms with E-state index in [1.165, 1.54) is 19.0 Å². The molecule has 1 saturated carbocycles. The van der Waals surface area contributed by atoms with Crippen LogP contribution in [0.2, 0.25) is 0 Å². The number of hydrogen-bond acceptors (Lipinski definition) is 6. The number of hydrogen-bond donors (Lipinski definition) is 0. The molecule has 1 saturated heterocycles. The van der Waals surface area contributed by atoms with Crippen LogP contribution in [0.3, 0.4) is 0 Å². The van der Waals surface area contributed by atoms with Crippen LogP contribution < -0.4 is 10.5 Å². The molecule has 1 aromatic carbocycles. The van der Waals surface area contributed by atoms with Gasteiger partial charge in [-0.2, -0.15) is 0 Å². The van der Waals surface area contributed by atoms with Crippen LogP contribution in [0.5, 0.6) is 0 Å². The predicted octanol–water partition coefficient (Wildman–Crippen LogP) is 2.77. The summed E-state index contributed by atoms with van der Waals surface area (Å²) in [5.41, 5.74) is 2.33. The van der Waals surface area contributed by atoms with Crippen molar-refractivity contribution in [2.24, 2.45) is 0 Å². The van der Waals surface area contributed by atoms with Gasteiger partial charge < -0.3 is 14.3 Å². The summed E-state index contributed by atoms with van der Waals surface area (Å²) in [6.45, 7) is 4.44. The van der Waals surface area contributed by atoms with Crippen molar-refractivity contribution in [1.29, 1.82) is 0 Å². The molecule has 3 heterocycles. The largest absolute Gasteiger partial charge is 0.368 e.